The van der Waals surface area contributed by atoms with Crippen LogP contribution < -0.4 is 15.4 Å². The lowest BCUT2D eigenvalue weighted by atomic mass is 10.1. The Hall–Kier alpha value is -4.44. The minimum absolute atomic E-state index is 0.0305. The summed E-state index contributed by atoms with van der Waals surface area (Å²) in [6.45, 7) is 0.704. The molecule has 0 unspecified atom stereocenters. The standard InChI is InChI=1S/C30H28ClFN4O5/c31-20-4-9-26-19(15-20)16-27(41-26)30(39)35-25(17-22-3-1-2-12-33-22)29(38)34-18-28(37)36-13-10-24(11-14-36)40-23-7-5-21(32)6-8-23/h1-9,12,15-16,24-25H,10-11,13-14,17-18H2,(H,34,38)(H,35,39)/t25-/m0/s1. The molecule has 3 amide bonds. The first-order valence-corrected chi connectivity index (χ1v) is 13.6. The van der Waals surface area contributed by atoms with Gasteiger partial charge in [-0.15, -0.1) is 0 Å². The van der Waals surface area contributed by atoms with Crippen molar-refractivity contribution in [2.75, 3.05) is 19.6 Å². The number of carbonyl (C=O) groups excluding carboxylic acids is 3. The molecule has 1 aliphatic heterocycles. The van der Waals surface area contributed by atoms with E-state index in [9.17, 15) is 18.8 Å². The molecule has 9 nitrogen and oxygen atoms in total. The van der Waals surface area contributed by atoms with Crippen LogP contribution in [0.5, 0.6) is 5.75 Å². The Kier molecular flexibility index (Phi) is 8.79. The summed E-state index contributed by atoms with van der Waals surface area (Å²) in [7, 11) is 0. The summed E-state index contributed by atoms with van der Waals surface area (Å²) in [6.07, 6.45) is 2.84. The van der Waals surface area contributed by atoms with Gasteiger partial charge in [0.25, 0.3) is 5.91 Å². The smallest absolute Gasteiger partial charge is 0.287 e. The van der Waals surface area contributed by atoms with E-state index >= 15 is 0 Å². The Balaban J connectivity index is 1.17. The van der Waals surface area contributed by atoms with Crippen LogP contribution in [0, 0.1) is 5.82 Å². The molecule has 41 heavy (non-hydrogen) atoms. The van der Waals surface area contributed by atoms with Crippen molar-refractivity contribution < 1.29 is 27.9 Å². The molecule has 1 atom stereocenters. The molecule has 0 aliphatic carbocycles. The first-order chi connectivity index (χ1) is 19.8. The van der Waals surface area contributed by atoms with Crippen LogP contribution in [0.4, 0.5) is 4.39 Å². The number of halogens is 2. The summed E-state index contributed by atoms with van der Waals surface area (Å²) in [5, 5.41) is 6.53. The van der Waals surface area contributed by atoms with E-state index in [2.05, 4.69) is 15.6 Å². The molecule has 5 rings (SSSR count). The number of ether oxygens (including phenoxy) is 1. The Bertz CT molecular complexity index is 1520. The maximum atomic E-state index is 13.2. The van der Waals surface area contributed by atoms with Crippen LogP contribution in [0.25, 0.3) is 11.0 Å². The van der Waals surface area contributed by atoms with Gasteiger partial charge < -0.3 is 24.7 Å². The molecule has 2 aromatic carbocycles. The van der Waals surface area contributed by atoms with Gasteiger partial charge in [-0.3, -0.25) is 19.4 Å². The normalized spacial score (nSPS) is 14.4. The number of carbonyl (C=O) groups is 3. The topological polar surface area (TPSA) is 114 Å². The van der Waals surface area contributed by atoms with Gasteiger partial charge in [0, 0.05) is 54.7 Å². The molecule has 2 aromatic heterocycles. The van der Waals surface area contributed by atoms with E-state index in [1.165, 1.54) is 12.1 Å². The molecule has 2 N–H and O–H groups in total. The van der Waals surface area contributed by atoms with E-state index in [1.54, 1.807) is 65.7 Å². The maximum absolute atomic E-state index is 13.2. The number of hydrogen-bond donors (Lipinski definition) is 2. The quantitative estimate of drug-likeness (QED) is 0.308. The van der Waals surface area contributed by atoms with Gasteiger partial charge in [0.05, 0.1) is 6.54 Å². The fraction of sp³-hybridized carbons (Fsp3) is 0.267. The number of nitrogens with one attached hydrogen (secondary N) is 2. The minimum atomic E-state index is -1.00. The van der Waals surface area contributed by atoms with Crippen molar-refractivity contribution in [3.05, 3.63) is 95.2 Å². The zero-order valence-corrected chi connectivity index (χ0v) is 22.8. The van der Waals surface area contributed by atoms with Crippen LogP contribution in [0.15, 0.2) is 77.3 Å². The average Bonchev–Trinajstić information content (AvgIpc) is 3.41. The van der Waals surface area contributed by atoms with Gasteiger partial charge in [0.2, 0.25) is 11.8 Å². The van der Waals surface area contributed by atoms with E-state index in [0.717, 1.165) is 0 Å². The monoisotopic (exact) mass is 578 g/mol. The number of likely N-dealkylation sites (tertiary alicyclic amines) is 1. The van der Waals surface area contributed by atoms with Crippen LogP contribution in [-0.2, 0) is 16.0 Å². The highest BCUT2D eigenvalue weighted by molar-refractivity contribution is 6.31. The SMILES string of the molecule is O=C(N[C@@H](Cc1ccccn1)C(=O)NCC(=O)N1CCC(Oc2ccc(F)cc2)CC1)c1cc2cc(Cl)ccc2o1. The van der Waals surface area contributed by atoms with Crippen molar-refractivity contribution in [2.24, 2.45) is 0 Å². The van der Waals surface area contributed by atoms with Crippen molar-refractivity contribution in [2.45, 2.75) is 31.4 Å². The first kappa shape index (κ1) is 28.1. The van der Waals surface area contributed by atoms with Crippen molar-refractivity contribution in [1.82, 2.24) is 20.5 Å². The number of amides is 3. The highest BCUT2D eigenvalue weighted by Crippen LogP contribution is 2.23. The van der Waals surface area contributed by atoms with E-state index in [1.807, 2.05) is 0 Å². The van der Waals surface area contributed by atoms with Crippen LogP contribution in [0.2, 0.25) is 5.02 Å². The number of benzene rings is 2. The second kappa shape index (κ2) is 12.8. The van der Waals surface area contributed by atoms with Crippen LogP contribution in [-0.4, -0.2) is 59.4 Å². The number of piperidine rings is 1. The molecule has 1 aliphatic rings. The fourth-order valence-corrected chi connectivity index (χ4v) is 4.80. The van der Waals surface area contributed by atoms with E-state index in [4.69, 9.17) is 20.8 Å². The van der Waals surface area contributed by atoms with Crippen molar-refractivity contribution in [3.63, 3.8) is 0 Å². The summed E-state index contributed by atoms with van der Waals surface area (Å²) < 4.78 is 24.7. The molecular formula is C30H28ClFN4O5. The summed E-state index contributed by atoms with van der Waals surface area (Å²) >= 11 is 6.03. The van der Waals surface area contributed by atoms with E-state index < -0.39 is 17.9 Å². The molecular weight excluding hydrogens is 551 g/mol. The van der Waals surface area contributed by atoms with Gasteiger partial charge >= 0.3 is 0 Å². The molecule has 4 aromatic rings. The van der Waals surface area contributed by atoms with E-state index in [0.29, 0.717) is 53.4 Å². The van der Waals surface area contributed by atoms with Gasteiger partial charge in [-0.1, -0.05) is 17.7 Å². The minimum Gasteiger partial charge on any atom is -0.490 e. The molecule has 11 heteroatoms. The summed E-state index contributed by atoms with van der Waals surface area (Å²) in [6, 6.07) is 16.7. The second-order valence-electron chi connectivity index (χ2n) is 9.71. The van der Waals surface area contributed by atoms with Gasteiger partial charge in [0.15, 0.2) is 5.76 Å². The maximum Gasteiger partial charge on any atom is 0.287 e. The lowest BCUT2D eigenvalue weighted by molar-refractivity contribution is -0.134. The molecule has 1 saturated heterocycles. The fourth-order valence-electron chi connectivity index (χ4n) is 4.62. The number of pyridine rings is 1. The van der Waals surface area contributed by atoms with Gasteiger partial charge in [-0.05, 0) is 60.7 Å². The molecule has 212 valence electrons. The average molecular weight is 579 g/mol. The van der Waals surface area contributed by atoms with Crippen LogP contribution >= 0.6 is 11.6 Å². The Labute approximate surface area is 240 Å². The summed E-state index contributed by atoms with van der Waals surface area (Å²) in [5.41, 5.74) is 1.08. The Morgan fingerprint density at radius 2 is 1.85 bits per heavy atom. The van der Waals surface area contributed by atoms with Crippen molar-refractivity contribution >= 4 is 40.3 Å². The lowest BCUT2D eigenvalue weighted by Crippen LogP contribution is -2.51. The second-order valence-corrected chi connectivity index (χ2v) is 10.2. The van der Waals surface area contributed by atoms with E-state index in [-0.39, 0.29) is 36.6 Å². The van der Waals surface area contributed by atoms with Crippen molar-refractivity contribution in [3.8, 4) is 5.75 Å². The molecule has 0 bridgehead atoms. The predicted octanol–water partition coefficient (Wildman–Crippen LogP) is 4.15. The number of rotatable bonds is 9. The zero-order valence-electron chi connectivity index (χ0n) is 22.0. The third-order valence-electron chi connectivity index (χ3n) is 6.79. The predicted molar refractivity (Wildman–Crippen MR) is 150 cm³/mol. The molecule has 0 radical (unpaired) electrons. The van der Waals surface area contributed by atoms with Crippen molar-refractivity contribution in [1.29, 1.82) is 0 Å². The highest BCUT2D eigenvalue weighted by Gasteiger charge is 2.27. The number of furan rings is 1. The van der Waals surface area contributed by atoms with Crippen LogP contribution in [0.3, 0.4) is 0 Å². The lowest BCUT2D eigenvalue weighted by Gasteiger charge is -2.32. The summed E-state index contributed by atoms with van der Waals surface area (Å²) in [4.78, 5) is 45.0. The molecule has 1 fully saturated rings. The van der Waals surface area contributed by atoms with Gasteiger partial charge in [0.1, 0.15) is 29.3 Å². The third-order valence-corrected chi connectivity index (χ3v) is 7.02. The van der Waals surface area contributed by atoms with Crippen LogP contribution in [0.1, 0.15) is 29.1 Å². The Morgan fingerprint density at radius 1 is 1.07 bits per heavy atom. The third kappa shape index (κ3) is 7.40. The largest absolute Gasteiger partial charge is 0.490 e. The highest BCUT2D eigenvalue weighted by atomic mass is 35.5. The molecule has 3 heterocycles. The van der Waals surface area contributed by atoms with Gasteiger partial charge in [-0.2, -0.15) is 0 Å². The number of fused-ring (bicyclic) bond motifs is 1. The summed E-state index contributed by atoms with van der Waals surface area (Å²) in [5.74, 6) is -1.06. The number of aromatic nitrogens is 1. The molecule has 0 saturated carbocycles. The number of hydrogen-bond acceptors (Lipinski definition) is 6. The zero-order chi connectivity index (χ0) is 28.8. The Morgan fingerprint density at radius 3 is 2.59 bits per heavy atom. The molecule has 0 spiro atoms. The first-order valence-electron chi connectivity index (χ1n) is 13.2. The number of nitrogens with zero attached hydrogens (tertiary/aromatic N) is 2. The van der Waals surface area contributed by atoms with Gasteiger partial charge in [-0.25, -0.2) is 4.39 Å².